The number of benzene rings is 1. The summed E-state index contributed by atoms with van der Waals surface area (Å²) in [5, 5.41) is 0. The molecule has 0 radical (unpaired) electrons. The summed E-state index contributed by atoms with van der Waals surface area (Å²) in [7, 11) is 3.47. The van der Waals surface area contributed by atoms with E-state index in [1.165, 1.54) is 11.3 Å². The van der Waals surface area contributed by atoms with E-state index in [4.69, 9.17) is 0 Å². The van der Waals surface area contributed by atoms with Gasteiger partial charge in [-0.15, -0.1) is 11.3 Å². The first-order valence-electron chi connectivity index (χ1n) is 5.49. The highest BCUT2D eigenvalue weighted by atomic mass is 32.1. The highest BCUT2D eigenvalue weighted by Gasteiger charge is 2.11. The quantitative estimate of drug-likeness (QED) is 0.795. The third-order valence-corrected chi connectivity index (χ3v) is 3.68. The Morgan fingerprint density at radius 1 is 1.11 bits per heavy atom. The van der Waals surface area contributed by atoms with Crippen LogP contribution in [0.25, 0.3) is 10.4 Å². The van der Waals surface area contributed by atoms with Crippen molar-refractivity contribution in [3.63, 3.8) is 0 Å². The molecule has 1 heterocycles. The molecule has 2 aromatic rings. The van der Waals surface area contributed by atoms with Gasteiger partial charge in [-0.3, -0.25) is 9.59 Å². The van der Waals surface area contributed by atoms with Crippen LogP contribution in [-0.4, -0.2) is 31.2 Å². The zero-order valence-corrected chi connectivity index (χ0v) is 11.0. The molecule has 0 saturated heterocycles. The van der Waals surface area contributed by atoms with Gasteiger partial charge in [0.2, 0.25) is 0 Å². The fraction of sp³-hybridized carbons (Fsp3) is 0.143. The van der Waals surface area contributed by atoms with Crippen molar-refractivity contribution in [1.82, 2.24) is 4.90 Å². The van der Waals surface area contributed by atoms with Crippen molar-refractivity contribution in [1.29, 1.82) is 0 Å². The van der Waals surface area contributed by atoms with Crippen LogP contribution in [-0.2, 0) is 0 Å². The Balaban J connectivity index is 2.28. The highest BCUT2D eigenvalue weighted by Crippen LogP contribution is 2.28. The Hall–Kier alpha value is -1.94. The summed E-state index contributed by atoms with van der Waals surface area (Å²) in [6, 6.07) is 11.1. The van der Waals surface area contributed by atoms with Crippen LogP contribution in [0.15, 0.2) is 36.4 Å². The Morgan fingerprint density at radius 3 is 2.33 bits per heavy atom. The lowest BCUT2D eigenvalue weighted by atomic mass is 10.1. The Kier molecular flexibility index (Phi) is 3.58. The number of amides is 1. The van der Waals surface area contributed by atoms with Crippen molar-refractivity contribution in [2.24, 2.45) is 0 Å². The van der Waals surface area contributed by atoms with E-state index in [0.717, 1.165) is 21.6 Å². The minimum Gasteiger partial charge on any atom is -0.344 e. The van der Waals surface area contributed by atoms with Gasteiger partial charge < -0.3 is 4.90 Å². The maximum Gasteiger partial charge on any atom is 0.263 e. The summed E-state index contributed by atoms with van der Waals surface area (Å²) in [6.45, 7) is 0. The molecule has 1 aromatic heterocycles. The van der Waals surface area contributed by atoms with E-state index in [9.17, 15) is 9.59 Å². The third-order valence-electron chi connectivity index (χ3n) is 2.55. The van der Waals surface area contributed by atoms with Crippen LogP contribution < -0.4 is 0 Å². The van der Waals surface area contributed by atoms with Crippen molar-refractivity contribution >= 4 is 23.5 Å². The van der Waals surface area contributed by atoms with Crippen LogP contribution >= 0.6 is 11.3 Å². The molecular formula is C14H13NO2S. The minimum atomic E-state index is 0.00996. The first kappa shape index (κ1) is 12.5. The zero-order chi connectivity index (χ0) is 13.1. The summed E-state index contributed by atoms with van der Waals surface area (Å²) in [5.41, 5.74) is 1.67. The van der Waals surface area contributed by atoms with Crippen LogP contribution in [0.2, 0.25) is 0 Å². The summed E-state index contributed by atoms with van der Waals surface area (Å²) in [4.78, 5) is 25.7. The molecule has 0 aliphatic carbocycles. The summed E-state index contributed by atoms with van der Waals surface area (Å²) < 4.78 is 0. The van der Waals surface area contributed by atoms with Gasteiger partial charge in [-0.25, -0.2) is 0 Å². The molecule has 0 unspecified atom stereocenters. The van der Waals surface area contributed by atoms with Gasteiger partial charge in [0, 0.05) is 24.5 Å². The van der Waals surface area contributed by atoms with Gasteiger partial charge in [-0.1, -0.05) is 24.3 Å². The molecule has 1 amide bonds. The number of hydrogen-bond donors (Lipinski definition) is 0. The number of hydrogen-bond acceptors (Lipinski definition) is 3. The lowest BCUT2D eigenvalue weighted by Gasteiger charge is -2.07. The zero-order valence-electron chi connectivity index (χ0n) is 10.2. The Labute approximate surface area is 110 Å². The first-order chi connectivity index (χ1) is 8.61. The summed E-state index contributed by atoms with van der Waals surface area (Å²) >= 11 is 1.46. The van der Waals surface area contributed by atoms with Gasteiger partial charge in [-0.05, 0) is 17.7 Å². The van der Waals surface area contributed by atoms with Crippen LogP contribution in [0.4, 0.5) is 0 Å². The molecule has 4 heteroatoms. The smallest absolute Gasteiger partial charge is 0.263 e. The monoisotopic (exact) mass is 259 g/mol. The number of rotatable bonds is 3. The topological polar surface area (TPSA) is 37.4 Å². The van der Waals surface area contributed by atoms with Crippen molar-refractivity contribution in [2.45, 2.75) is 0 Å². The van der Waals surface area contributed by atoms with E-state index in [1.54, 1.807) is 31.1 Å². The van der Waals surface area contributed by atoms with Gasteiger partial charge in [0.1, 0.15) is 6.29 Å². The van der Waals surface area contributed by atoms with Crippen LogP contribution in [0, 0.1) is 0 Å². The molecule has 18 heavy (non-hydrogen) atoms. The van der Waals surface area contributed by atoms with Crippen LogP contribution in [0.3, 0.4) is 0 Å². The lowest BCUT2D eigenvalue weighted by molar-refractivity contribution is 0.0832. The predicted molar refractivity (Wildman–Crippen MR) is 73.2 cm³/mol. The molecule has 0 aliphatic rings. The van der Waals surface area contributed by atoms with Crippen LogP contribution in [0.5, 0.6) is 0 Å². The van der Waals surface area contributed by atoms with E-state index in [2.05, 4.69) is 0 Å². The number of carbonyl (C=O) groups is 2. The van der Waals surface area contributed by atoms with E-state index >= 15 is 0 Å². The second-order valence-electron chi connectivity index (χ2n) is 4.10. The van der Waals surface area contributed by atoms with Gasteiger partial charge in [0.05, 0.1) is 4.88 Å². The maximum absolute atomic E-state index is 11.8. The number of carbonyl (C=O) groups excluding carboxylic acids is 2. The van der Waals surface area contributed by atoms with E-state index < -0.39 is 0 Å². The molecular weight excluding hydrogens is 246 g/mol. The number of nitrogens with zero attached hydrogens (tertiary/aromatic N) is 1. The second kappa shape index (κ2) is 5.14. The Morgan fingerprint density at radius 2 is 1.78 bits per heavy atom. The molecule has 0 fully saturated rings. The average Bonchev–Trinajstić information content (AvgIpc) is 2.87. The fourth-order valence-electron chi connectivity index (χ4n) is 1.55. The number of aldehydes is 1. The van der Waals surface area contributed by atoms with Gasteiger partial charge in [-0.2, -0.15) is 0 Å². The van der Waals surface area contributed by atoms with E-state index in [1.807, 2.05) is 24.3 Å². The van der Waals surface area contributed by atoms with Gasteiger partial charge in [0.25, 0.3) is 5.91 Å². The highest BCUT2D eigenvalue weighted by molar-refractivity contribution is 7.17. The molecule has 2 rings (SSSR count). The largest absolute Gasteiger partial charge is 0.344 e. The lowest BCUT2D eigenvalue weighted by Crippen LogP contribution is -2.20. The average molecular weight is 259 g/mol. The van der Waals surface area contributed by atoms with Gasteiger partial charge >= 0.3 is 0 Å². The Bertz CT molecular complexity index is 570. The minimum absolute atomic E-state index is 0.00996. The molecule has 1 aromatic carbocycles. The maximum atomic E-state index is 11.8. The molecule has 0 aliphatic heterocycles. The summed E-state index contributed by atoms with van der Waals surface area (Å²) in [5.74, 6) is 0.00996. The van der Waals surface area contributed by atoms with Crippen molar-refractivity contribution in [3.05, 3.63) is 46.8 Å². The van der Waals surface area contributed by atoms with Crippen molar-refractivity contribution in [2.75, 3.05) is 14.1 Å². The molecule has 0 atom stereocenters. The standard InChI is InChI=1S/C14H13NO2S/c1-15(2)14(17)13-8-7-12(18-13)11-5-3-10(9-16)4-6-11/h3-9H,1-2H3. The normalized spacial score (nSPS) is 10.1. The van der Waals surface area contributed by atoms with Crippen molar-refractivity contribution in [3.8, 4) is 10.4 Å². The number of thiophene rings is 1. The molecule has 0 bridgehead atoms. The molecule has 0 N–H and O–H groups in total. The molecule has 3 nitrogen and oxygen atoms in total. The third kappa shape index (κ3) is 2.49. The van der Waals surface area contributed by atoms with Crippen molar-refractivity contribution < 1.29 is 9.59 Å². The van der Waals surface area contributed by atoms with E-state index in [0.29, 0.717) is 5.56 Å². The second-order valence-corrected chi connectivity index (χ2v) is 5.19. The van der Waals surface area contributed by atoms with Gasteiger partial charge in [0.15, 0.2) is 0 Å². The molecule has 92 valence electrons. The molecule has 0 spiro atoms. The molecule has 0 saturated carbocycles. The van der Waals surface area contributed by atoms with Crippen LogP contribution in [0.1, 0.15) is 20.0 Å². The summed E-state index contributed by atoms with van der Waals surface area (Å²) in [6.07, 6.45) is 0.819. The first-order valence-corrected chi connectivity index (χ1v) is 6.30. The van der Waals surface area contributed by atoms with E-state index in [-0.39, 0.29) is 5.91 Å². The predicted octanol–water partition coefficient (Wildman–Crippen LogP) is 2.93. The fourth-order valence-corrected chi connectivity index (χ4v) is 2.59. The SMILES string of the molecule is CN(C)C(=O)c1ccc(-c2ccc(C=O)cc2)s1.